The summed E-state index contributed by atoms with van der Waals surface area (Å²) in [7, 11) is 1.83. The molecule has 2 aromatic rings. The van der Waals surface area contributed by atoms with Crippen molar-refractivity contribution in [3.8, 4) is 6.07 Å². The van der Waals surface area contributed by atoms with Gasteiger partial charge in [0.05, 0.1) is 5.69 Å². The molecule has 1 aliphatic rings. The Balaban J connectivity index is 2.14. The lowest BCUT2D eigenvalue weighted by atomic mass is 10.0. The van der Waals surface area contributed by atoms with Crippen LogP contribution < -0.4 is 5.32 Å². The summed E-state index contributed by atoms with van der Waals surface area (Å²) in [5.41, 5.74) is 4.49. The first-order valence-corrected chi connectivity index (χ1v) is 6.78. The van der Waals surface area contributed by atoms with Gasteiger partial charge in [0.15, 0.2) is 0 Å². The maximum absolute atomic E-state index is 12.1. The number of anilines is 1. The number of amides is 1. The molecule has 21 heavy (non-hydrogen) atoms. The quantitative estimate of drug-likeness (QED) is 0.821. The maximum Gasteiger partial charge on any atom is 0.256 e. The monoisotopic (exact) mass is 297 g/mol. The minimum atomic E-state index is -0.158. The third-order valence-corrected chi connectivity index (χ3v) is 3.99. The Morgan fingerprint density at radius 1 is 1.38 bits per heavy atom. The Bertz CT molecular complexity index is 840. The highest BCUT2D eigenvalue weighted by Gasteiger charge is 2.24. The number of nitrogens with one attached hydrogen (secondary N) is 1. The van der Waals surface area contributed by atoms with E-state index in [9.17, 15) is 4.79 Å². The molecular weight excluding hydrogens is 286 g/mol. The average molecular weight is 298 g/mol. The number of nitrogens with zero attached hydrogens (tertiary/aromatic N) is 2. The van der Waals surface area contributed by atoms with Crippen LogP contribution in [0.4, 0.5) is 5.69 Å². The van der Waals surface area contributed by atoms with E-state index >= 15 is 0 Å². The summed E-state index contributed by atoms with van der Waals surface area (Å²) in [6.45, 7) is 1.92. The van der Waals surface area contributed by atoms with E-state index in [1.807, 2.05) is 30.7 Å². The second-order valence-electron chi connectivity index (χ2n) is 4.94. The van der Waals surface area contributed by atoms with Crippen molar-refractivity contribution >= 4 is 34.8 Å². The van der Waals surface area contributed by atoms with Gasteiger partial charge in [0.1, 0.15) is 11.8 Å². The first-order valence-electron chi connectivity index (χ1n) is 6.40. The molecule has 0 unspecified atom stereocenters. The predicted molar refractivity (Wildman–Crippen MR) is 82.8 cm³/mol. The van der Waals surface area contributed by atoms with E-state index in [0.717, 1.165) is 16.8 Å². The Kier molecular flexibility index (Phi) is 3.08. The van der Waals surface area contributed by atoms with Crippen molar-refractivity contribution in [3.63, 3.8) is 0 Å². The predicted octanol–water partition coefficient (Wildman–Crippen LogP) is 3.35. The lowest BCUT2D eigenvalue weighted by Gasteiger charge is -2.00. The highest BCUT2D eigenvalue weighted by molar-refractivity contribution is 6.36. The Morgan fingerprint density at radius 2 is 2.14 bits per heavy atom. The van der Waals surface area contributed by atoms with Gasteiger partial charge in [-0.2, -0.15) is 5.26 Å². The molecule has 0 spiro atoms. The molecule has 1 N–H and O–H groups in total. The van der Waals surface area contributed by atoms with Gasteiger partial charge in [-0.1, -0.05) is 17.7 Å². The van der Waals surface area contributed by atoms with Crippen molar-refractivity contribution in [1.29, 1.82) is 5.26 Å². The third-order valence-electron chi connectivity index (χ3n) is 3.75. The van der Waals surface area contributed by atoms with E-state index in [1.54, 1.807) is 18.2 Å². The molecule has 3 rings (SSSR count). The van der Waals surface area contributed by atoms with Crippen LogP contribution in [0.1, 0.15) is 22.5 Å². The van der Waals surface area contributed by atoms with Crippen molar-refractivity contribution < 1.29 is 4.79 Å². The van der Waals surface area contributed by atoms with E-state index in [4.69, 9.17) is 16.9 Å². The van der Waals surface area contributed by atoms with Crippen molar-refractivity contribution in [2.75, 3.05) is 5.32 Å². The van der Waals surface area contributed by atoms with Crippen LogP contribution in [0.2, 0.25) is 5.02 Å². The SMILES string of the molecule is Cc1c(/C=C2/C(=O)Nc3cc(Cl)ccc32)cc(C#N)n1C. The Hall–Kier alpha value is -2.51. The molecule has 0 saturated heterocycles. The zero-order valence-electron chi connectivity index (χ0n) is 11.6. The van der Waals surface area contributed by atoms with Crippen LogP contribution in [0.25, 0.3) is 11.6 Å². The van der Waals surface area contributed by atoms with Crippen molar-refractivity contribution in [2.45, 2.75) is 6.92 Å². The smallest absolute Gasteiger partial charge is 0.256 e. The van der Waals surface area contributed by atoms with Gasteiger partial charge in [-0.25, -0.2) is 0 Å². The van der Waals surface area contributed by atoms with Crippen molar-refractivity contribution in [1.82, 2.24) is 4.57 Å². The second-order valence-corrected chi connectivity index (χ2v) is 5.38. The van der Waals surface area contributed by atoms with E-state index in [2.05, 4.69) is 11.4 Å². The van der Waals surface area contributed by atoms with E-state index in [-0.39, 0.29) is 5.91 Å². The van der Waals surface area contributed by atoms with Crippen LogP contribution in [0.3, 0.4) is 0 Å². The number of nitriles is 1. The Labute approximate surface area is 127 Å². The van der Waals surface area contributed by atoms with Gasteiger partial charge in [-0.3, -0.25) is 4.79 Å². The maximum atomic E-state index is 12.1. The molecule has 0 fully saturated rings. The molecule has 1 aromatic heterocycles. The topological polar surface area (TPSA) is 57.8 Å². The number of fused-ring (bicyclic) bond motifs is 1. The summed E-state index contributed by atoms with van der Waals surface area (Å²) in [5.74, 6) is -0.158. The number of carbonyl (C=O) groups is 1. The standard InChI is InChI=1S/C16H12ClN3O/c1-9-10(5-12(8-18)20(9)2)6-14-13-4-3-11(17)7-15(13)19-16(14)21/h3-7H,1-2H3,(H,19,21)/b14-6+. The summed E-state index contributed by atoms with van der Waals surface area (Å²) in [6.07, 6.45) is 1.81. The molecule has 104 valence electrons. The fraction of sp³-hybridized carbons (Fsp3) is 0.125. The van der Waals surface area contributed by atoms with Crippen LogP contribution in [-0.4, -0.2) is 10.5 Å². The van der Waals surface area contributed by atoms with Crippen LogP contribution in [0.15, 0.2) is 24.3 Å². The second kappa shape index (κ2) is 4.80. The van der Waals surface area contributed by atoms with Crippen molar-refractivity contribution in [2.24, 2.45) is 7.05 Å². The van der Waals surface area contributed by atoms with Crippen LogP contribution in [-0.2, 0) is 11.8 Å². The van der Waals surface area contributed by atoms with E-state index < -0.39 is 0 Å². The number of rotatable bonds is 1. The molecule has 5 heteroatoms. The molecule has 1 aliphatic heterocycles. The lowest BCUT2D eigenvalue weighted by molar-refractivity contribution is -0.110. The van der Waals surface area contributed by atoms with E-state index in [1.165, 1.54) is 0 Å². The molecule has 0 radical (unpaired) electrons. The van der Waals surface area contributed by atoms with Crippen LogP contribution >= 0.6 is 11.6 Å². The number of aromatic nitrogens is 1. The van der Waals surface area contributed by atoms with Gasteiger partial charge >= 0.3 is 0 Å². The molecule has 0 atom stereocenters. The summed E-state index contributed by atoms with van der Waals surface area (Å²) < 4.78 is 1.81. The fourth-order valence-electron chi connectivity index (χ4n) is 2.44. The molecule has 0 aliphatic carbocycles. The first-order chi connectivity index (χ1) is 10.0. The number of hydrogen-bond donors (Lipinski definition) is 1. The molecule has 2 heterocycles. The molecule has 4 nitrogen and oxygen atoms in total. The van der Waals surface area contributed by atoms with E-state index in [0.29, 0.717) is 22.0 Å². The molecule has 1 aromatic carbocycles. The van der Waals surface area contributed by atoms with Gasteiger partial charge in [0.2, 0.25) is 0 Å². The minimum Gasteiger partial charge on any atom is -0.339 e. The number of benzene rings is 1. The van der Waals surface area contributed by atoms with Crippen molar-refractivity contribution in [3.05, 3.63) is 51.8 Å². The normalized spacial score (nSPS) is 15.0. The van der Waals surface area contributed by atoms with Crippen LogP contribution in [0.5, 0.6) is 0 Å². The first kappa shape index (κ1) is 13.5. The number of carbonyl (C=O) groups excluding carboxylic acids is 1. The van der Waals surface area contributed by atoms with Crippen LogP contribution in [0, 0.1) is 18.3 Å². The number of hydrogen-bond acceptors (Lipinski definition) is 2. The molecule has 1 amide bonds. The average Bonchev–Trinajstić information content (AvgIpc) is 2.90. The van der Waals surface area contributed by atoms with Gasteiger partial charge in [0.25, 0.3) is 5.91 Å². The zero-order valence-corrected chi connectivity index (χ0v) is 12.3. The highest BCUT2D eigenvalue weighted by atomic mass is 35.5. The summed E-state index contributed by atoms with van der Waals surface area (Å²) >= 11 is 5.94. The zero-order chi connectivity index (χ0) is 15.1. The molecule has 0 saturated carbocycles. The fourth-order valence-corrected chi connectivity index (χ4v) is 2.61. The molecule has 0 bridgehead atoms. The summed E-state index contributed by atoms with van der Waals surface area (Å²) in [5, 5.41) is 12.5. The Morgan fingerprint density at radius 3 is 2.81 bits per heavy atom. The summed E-state index contributed by atoms with van der Waals surface area (Å²) in [6, 6.07) is 9.23. The lowest BCUT2D eigenvalue weighted by Crippen LogP contribution is -2.03. The largest absolute Gasteiger partial charge is 0.339 e. The molecular formula is C16H12ClN3O. The number of halogens is 1. The van der Waals surface area contributed by atoms with Gasteiger partial charge in [-0.05, 0) is 36.8 Å². The third kappa shape index (κ3) is 2.12. The highest BCUT2D eigenvalue weighted by Crippen LogP contribution is 2.35. The minimum absolute atomic E-state index is 0.158. The van der Waals surface area contributed by atoms with Gasteiger partial charge in [0, 0.05) is 28.9 Å². The van der Waals surface area contributed by atoms with Gasteiger partial charge in [-0.15, -0.1) is 0 Å². The summed E-state index contributed by atoms with van der Waals surface area (Å²) in [4.78, 5) is 12.1. The van der Waals surface area contributed by atoms with Gasteiger partial charge < -0.3 is 9.88 Å².